The lowest BCUT2D eigenvalue weighted by Gasteiger charge is -2.20. The van der Waals surface area contributed by atoms with Gasteiger partial charge in [-0.1, -0.05) is 18.2 Å². The zero-order valence-corrected chi connectivity index (χ0v) is 16.4. The van der Waals surface area contributed by atoms with Crippen molar-refractivity contribution >= 4 is 23.3 Å². The van der Waals surface area contributed by atoms with Crippen LogP contribution in [0.25, 0.3) is 0 Å². The molecule has 10 heteroatoms. The second-order valence-corrected chi connectivity index (χ2v) is 7.36. The number of amidine groups is 1. The van der Waals surface area contributed by atoms with Crippen LogP contribution in [0.3, 0.4) is 0 Å². The van der Waals surface area contributed by atoms with Gasteiger partial charge in [-0.25, -0.2) is 9.38 Å². The van der Waals surface area contributed by atoms with Gasteiger partial charge in [-0.15, -0.1) is 11.8 Å². The maximum atomic E-state index is 14.4. The molecule has 0 aliphatic heterocycles. The van der Waals surface area contributed by atoms with Gasteiger partial charge in [0.15, 0.2) is 0 Å². The number of nitrogens with zero attached hydrogens (tertiary/aromatic N) is 2. The van der Waals surface area contributed by atoms with Crippen molar-refractivity contribution in [2.75, 3.05) is 19.8 Å². The first-order valence-corrected chi connectivity index (χ1v) is 9.20. The molecule has 158 valence electrons. The van der Waals surface area contributed by atoms with Gasteiger partial charge in [0.05, 0.1) is 11.3 Å². The molecule has 0 spiro atoms. The van der Waals surface area contributed by atoms with Crippen molar-refractivity contribution in [3.05, 3.63) is 58.9 Å². The lowest BCUT2D eigenvalue weighted by atomic mass is 10.1. The van der Waals surface area contributed by atoms with E-state index in [1.165, 1.54) is 44.1 Å². The number of alkyl halides is 6. The molecule has 0 radical (unpaired) electrons. The van der Waals surface area contributed by atoms with Gasteiger partial charge in [-0.3, -0.25) is 0 Å². The predicted octanol–water partition coefficient (Wildman–Crippen LogP) is 6.45. The predicted molar refractivity (Wildman–Crippen MR) is 99.2 cm³/mol. The molecule has 0 bridgehead atoms. The third-order valence-electron chi connectivity index (χ3n) is 3.76. The average molecular weight is 438 g/mol. The van der Waals surface area contributed by atoms with Gasteiger partial charge in [0.1, 0.15) is 17.3 Å². The van der Waals surface area contributed by atoms with Gasteiger partial charge < -0.3 is 4.90 Å². The van der Waals surface area contributed by atoms with Crippen LogP contribution in [0, 0.1) is 12.7 Å². The first kappa shape index (κ1) is 23.1. The van der Waals surface area contributed by atoms with Crippen LogP contribution in [0.5, 0.6) is 0 Å². The number of hydrogen-bond acceptors (Lipinski definition) is 2. The fourth-order valence-corrected chi connectivity index (χ4v) is 3.28. The molecule has 0 unspecified atom stereocenters. The van der Waals surface area contributed by atoms with Crippen molar-refractivity contribution in [1.29, 1.82) is 0 Å². The van der Waals surface area contributed by atoms with E-state index >= 15 is 0 Å². The number of hydrogen-bond donors (Lipinski definition) is 0. The van der Waals surface area contributed by atoms with Gasteiger partial charge in [0, 0.05) is 24.6 Å². The minimum absolute atomic E-state index is 0.143. The minimum Gasteiger partial charge on any atom is -0.362 e. The van der Waals surface area contributed by atoms with E-state index in [9.17, 15) is 30.7 Å². The standard InChI is InChI=1S/C19H17F7N2S/c1-11-8-14(20)15(9-16(11)29-10-18(21,22)23)27-17(28(2)3)12-6-4-5-7-13(12)19(24,25)26/h4-9H,10H2,1-3H3. The van der Waals surface area contributed by atoms with Crippen molar-refractivity contribution in [1.82, 2.24) is 4.90 Å². The minimum atomic E-state index is -4.66. The highest BCUT2D eigenvalue weighted by atomic mass is 32.2. The number of thioether (sulfide) groups is 1. The molecular formula is C19H17F7N2S. The Labute approximate surface area is 167 Å². The number of halogens is 7. The summed E-state index contributed by atoms with van der Waals surface area (Å²) in [6.07, 6.45) is -9.08. The molecule has 2 nitrogen and oxygen atoms in total. The molecule has 2 rings (SSSR count). The first-order chi connectivity index (χ1) is 13.3. The zero-order valence-electron chi connectivity index (χ0n) is 15.6. The Morgan fingerprint density at radius 3 is 2.21 bits per heavy atom. The van der Waals surface area contributed by atoms with Crippen LogP contribution in [-0.2, 0) is 6.18 Å². The van der Waals surface area contributed by atoms with Gasteiger partial charge in [-0.05, 0) is 30.7 Å². The maximum absolute atomic E-state index is 14.4. The summed E-state index contributed by atoms with van der Waals surface area (Å²) in [5.74, 6) is -2.20. The van der Waals surface area contributed by atoms with E-state index in [2.05, 4.69) is 4.99 Å². The highest BCUT2D eigenvalue weighted by Gasteiger charge is 2.34. The topological polar surface area (TPSA) is 15.6 Å². The molecule has 0 N–H and O–H groups in total. The Kier molecular flexibility index (Phi) is 6.87. The van der Waals surface area contributed by atoms with Crippen LogP contribution in [0.1, 0.15) is 16.7 Å². The molecule has 0 fully saturated rings. The Bertz CT molecular complexity index is 902. The summed E-state index contributed by atoms with van der Waals surface area (Å²) in [7, 11) is 2.88. The lowest BCUT2D eigenvalue weighted by molar-refractivity contribution is -0.137. The highest BCUT2D eigenvalue weighted by Crippen LogP contribution is 2.35. The highest BCUT2D eigenvalue weighted by molar-refractivity contribution is 7.99. The van der Waals surface area contributed by atoms with Crippen LogP contribution < -0.4 is 0 Å². The third kappa shape index (κ3) is 6.12. The van der Waals surface area contributed by atoms with Crippen molar-refractivity contribution in [2.45, 2.75) is 24.2 Å². The van der Waals surface area contributed by atoms with Crippen LogP contribution in [0.2, 0.25) is 0 Å². The SMILES string of the molecule is Cc1cc(F)c(N=C(c2ccccc2C(F)(F)F)N(C)C)cc1SCC(F)(F)F. The molecule has 2 aromatic carbocycles. The van der Waals surface area contributed by atoms with Crippen molar-refractivity contribution in [3.8, 4) is 0 Å². The second kappa shape index (κ2) is 8.64. The maximum Gasteiger partial charge on any atom is 0.417 e. The Morgan fingerprint density at radius 1 is 1.03 bits per heavy atom. The number of rotatable bonds is 4. The molecule has 0 saturated carbocycles. The van der Waals surface area contributed by atoms with Crippen molar-refractivity contribution in [2.24, 2.45) is 4.99 Å². The van der Waals surface area contributed by atoms with E-state index < -0.39 is 29.5 Å². The first-order valence-electron chi connectivity index (χ1n) is 8.22. The lowest BCUT2D eigenvalue weighted by Crippen LogP contribution is -2.26. The molecule has 0 atom stereocenters. The van der Waals surface area contributed by atoms with Gasteiger partial charge in [-0.2, -0.15) is 26.3 Å². The Hall–Kier alpha value is -2.23. The Balaban J connectivity index is 2.58. The molecule has 0 aliphatic carbocycles. The fraction of sp³-hybridized carbons (Fsp3) is 0.316. The molecule has 29 heavy (non-hydrogen) atoms. The molecular weight excluding hydrogens is 421 g/mol. The van der Waals surface area contributed by atoms with E-state index in [-0.39, 0.29) is 27.5 Å². The van der Waals surface area contributed by atoms with Crippen LogP contribution >= 0.6 is 11.8 Å². The Morgan fingerprint density at radius 2 is 1.66 bits per heavy atom. The van der Waals surface area contributed by atoms with Crippen molar-refractivity contribution < 1.29 is 30.7 Å². The van der Waals surface area contributed by atoms with Crippen LogP contribution in [0.4, 0.5) is 36.4 Å². The second-order valence-electron chi connectivity index (χ2n) is 6.35. The van der Waals surface area contributed by atoms with Gasteiger partial charge in [0.25, 0.3) is 0 Å². The summed E-state index contributed by atoms with van der Waals surface area (Å²) >= 11 is 0.461. The van der Waals surface area contributed by atoms with Crippen LogP contribution in [-0.4, -0.2) is 36.8 Å². The van der Waals surface area contributed by atoms with E-state index in [0.29, 0.717) is 11.8 Å². The average Bonchev–Trinajstić information content (AvgIpc) is 2.58. The molecule has 0 aliphatic rings. The van der Waals surface area contributed by atoms with E-state index in [1.807, 2.05) is 0 Å². The normalized spacial score (nSPS) is 13.0. The summed E-state index contributed by atoms with van der Waals surface area (Å²) < 4.78 is 92.0. The van der Waals surface area contributed by atoms with E-state index in [0.717, 1.165) is 18.2 Å². The molecule has 0 amide bonds. The molecule has 0 saturated heterocycles. The number of aliphatic imine (C=N–C) groups is 1. The number of benzene rings is 2. The summed E-state index contributed by atoms with van der Waals surface area (Å²) in [6, 6.07) is 6.82. The molecule has 0 aromatic heterocycles. The van der Waals surface area contributed by atoms with Gasteiger partial charge in [0.2, 0.25) is 0 Å². The summed E-state index contributed by atoms with van der Waals surface area (Å²) in [6.45, 7) is 1.45. The monoisotopic (exact) mass is 438 g/mol. The smallest absolute Gasteiger partial charge is 0.362 e. The summed E-state index contributed by atoms with van der Waals surface area (Å²) in [5, 5.41) is 0. The number of aryl methyl sites for hydroxylation is 1. The fourth-order valence-electron chi connectivity index (χ4n) is 2.48. The quantitative estimate of drug-likeness (QED) is 0.236. The van der Waals surface area contributed by atoms with Crippen LogP contribution in [0.15, 0.2) is 46.3 Å². The van der Waals surface area contributed by atoms with E-state index in [1.54, 1.807) is 0 Å². The molecule has 0 heterocycles. The third-order valence-corrected chi connectivity index (χ3v) is 4.98. The van der Waals surface area contributed by atoms with Crippen molar-refractivity contribution in [3.63, 3.8) is 0 Å². The van der Waals surface area contributed by atoms with Gasteiger partial charge >= 0.3 is 12.4 Å². The van der Waals surface area contributed by atoms with E-state index in [4.69, 9.17) is 0 Å². The summed E-state index contributed by atoms with van der Waals surface area (Å²) in [5.41, 5.74) is -1.29. The largest absolute Gasteiger partial charge is 0.417 e. The summed E-state index contributed by atoms with van der Waals surface area (Å²) in [4.78, 5) is 5.45. The molecule has 2 aromatic rings. The zero-order chi connectivity index (χ0) is 22.0.